The molecule has 0 heterocycles. The van der Waals surface area contributed by atoms with Crippen LogP contribution in [0.2, 0.25) is 0 Å². The number of para-hydroxylation sites is 1. The predicted molar refractivity (Wildman–Crippen MR) is 110 cm³/mol. The van der Waals surface area contributed by atoms with Crippen molar-refractivity contribution in [2.45, 2.75) is 104 Å². The summed E-state index contributed by atoms with van der Waals surface area (Å²) in [4.78, 5) is 12.0. The van der Waals surface area contributed by atoms with Gasteiger partial charge in [0.15, 0.2) is 0 Å². The van der Waals surface area contributed by atoms with E-state index in [1.807, 2.05) is 31.2 Å². The third-order valence-corrected chi connectivity index (χ3v) is 4.93. The molecule has 1 rings (SSSR count). The highest BCUT2D eigenvalue weighted by atomic mass is 16.1. The van der Waals surface area contributed by atoms with Crippen molar-refractivity contribution in [3.8, 4) is 0 Å². The van der Waals surface area contributed by atoms with Crippen molar-refractivity contribution in [2.75, 3.05) is 5.32 Å². The molecule has 1 amide bonds. The van der Waals surface area contributed by atoms with Crippen LogP contribution in [-0.4, -0.2) is 5.91 Å². The average molecular weight is 346 g/mol. The van der Waals surface area contributed by atoms with Crippen molar-refractivity contribution in [1.29, 1.82) is 0 Å². The van der Waals surface area contributed by atoms with Crippen LogP contribution in [0.3, 0.4) is 0 Å². The first-order valence-corrected chi connectivity index (χ1v) is 10.6. The number of rotatable bonds is 15. The molecule has 0 saturated carbocycles. The number of unbranched alkanes of at least 4 members (excludes halogenated alkanes) is 12. The van der Waals surface area contributed by atoms with Gasteiger partial charge < -0.3 is 5.32 Å². The second kappa shape index (κ2) is 15.0. The molecule has 0 radical (unpaired) electrons. The van der Waals surface area contributed by atoms with E-state index >= 15 is 0 Å². The quantitative estimate of drug-likeness (QED) is 0.329. The van der Waals surface area contributed by atoms with Crippen LogP contribution >= 0.6 is 0 Å². The highest BCUT2D eigenvalue weighted by Crippen LogP contribution is 2.15. The number of amides is 1. The summed E-state index contributed by atoms with van der Waals surface area (Å²) in [5.41, 5.74) is 2.07. The highest BCUT2D eigenvalue weighted by molar-refractivity contribution is 5.91. The van der Waals surface area contributed by atoms with Gasteiger partial charge in [-0.15, -0.1) is 0 Å². The predicted octanol–water partition coefficient (Wildman–Crippen LogP) is 7.41. The summed E-state index contributed by atoms with van der Waals surface area (Å²) in [6, 6.07) is 7.96. The van der Waals surface area contributed by atoms with E-state index in [1.54, 1.807) is 0 Å². The van der Waals surface area contributed by atoms with E-state index in [0.29, 0.717) is 6.42 Å². The fourth-order valence-electron chi connectivity index (χ4n) is 3.23. The number of hydrogen-bond donors (Lipinski definition) is 1. The van der Waals surface area contributed by atoms with Crippen molar-refractivity contribution in [1.82, 2.24) is 0 Å². The molecule has 0 aliphatic heterocycles. The van der Waals surface area contributed by atoms with Crippen LogP contribution in [0.15, 0.2) is 24.3 Å². The van der Waals surface area contributed by atoms with Gasteiger partial charge in [0.2, 0.25) is 5.91 Å². The number of carbonyl (C=O) groups is 1. The number of hydrogen-bond acceptors (Lipinski definition) is 1. The molecule has 25 heavy (non-hydrogen) atoms. The molecule has 0 aromatic heterocycles. The first-order chi connectivity index (χ1) is 12.2. The zero-order valence-electron chi connectivity index (χ0n) is 16.6. The lowest BCUT2D eigenvalue weighted by Gasteiger charge is -2.08. The first kappa shape index (κ1) is 21.7. The lowest BCUT2D eigenvalue weighted by molar-refractivity contribution is -0.116. The second-order valence-electron chi connectivity index (χ2n) is 7.36. The van der Waals surface area contributed by atoms with Gasteiger partial charge in [-0.1, -0.05) is 102 Å². The Hall–Kier alpha value is -1.31. The van der Waals surface area contributed by atoms with Gasteiger partial charge in [0.25, 0.3) is 0 Å². The van der Waals surface area contributed by atoms with Crippen molar-refractivity contribution in [3.63, 3.8) is 0 Å². The summed E-state index contributed by atoms with van der Waals surface area (Å²) < 4.78 is 0. The molecule has 1 N–H and O–H groups in total. The van der Waals surface area contributed by atoms with Gasteiger partial charge in [0, 0.05) is 12.1 Å². The molecule has 2 heteroatoms. The standard InChI is InChI=1S/C23H39NO/c1-3-4-5-6-7-8-9-10-11-12-13-14-15-20-23(25)24-22-19-17-16-18-21(22)2/h16-19H,3-15,20H2,1-2H3,(H,24,25). The van der Waals surface area contributed by atoms with Crippen molar-refractivity contribution < 1.29 is 4.79 Å². The van der Waals surface area contributed by atoms with Crippen LogP contribution in [0.5, 0.6) is 0 Å². The first-order valence-electron chi connectivity index (χ1n) is 10.6. The van der Waals surface area contributed by atoms with E-state index in [2.05, 4.69) is 12.2 Å². The van der Waals surface area contributed by atoms with E-state index in [0.717, 1.165) is 17.7 Å². The Balaban J connectivity index is 1.87. The Bertz CT molecular complexity index is 455. The van der Waals surface area contributed by atoms with Gasteiger partial charge >= 0.3 is 0 Å². The Morgan fingerprint density at radius 3 is 1.76 bits per heavy atom. The molecule has 2 nitrogen and oxygen atoms in total. The fourth-order valence-corrected chi connectivity index (χ4v) is 3.23. The number of aryl methyl sites for hydroxylation is 1. The van der Waals surface area contributed by atoms with Crippen LogP contribution in [-0.2, 0) is 4.79 Å². The molecule has 0 atom stereocenters. The lowest BCUT2D eigenvalue weighted by Crippen LogP contribution is -2.11. The monoisotopic (exact) mass is 345 g/mol. The van der Waals surface area contributed by atoms with Gasteiger partial charge in [-0.3, -0.25) is 4.79 Å². The third kappa shape index (κ3) is 11.8. The largest absolute Gasteiger partial charge is 0.326 e. The zero-order chi connectivity index (χ0) is 18.2. The van der Waals surface area contributed by atoms with Crippen LogP contribution in [0.4, 0.5) is 5.69 Å². The maximum Gasteiger partial charge on any atom is 0.224 e. The molecule has 0 fully saturated rings. The van der Waals surface area contributed by atoms with Gasteiger partial charge in [-0.2, -0.15) is 0 Å². The Morgan fingerprint density at radius 2 is 1.24 bits per heavy atom. The van der Waals surface area contributed by atoms with Gasteiger partial charge in [0.1, 0.15) is 0 Å². The van der Waals surface area contributed by atoms with Crippen LogP contribution < -0.4 is 5.32 Å². The molecule has 142 valence electrons. The molecule has 0 spiro atoms. The van der Waals surface area contributed by atoms with Crippen LogP contribution in [0, 0.1) is 6.92 Å². The normalized spacial score (nSPS) is 10.8. The minimum Gasteiger partial charge on any atom is -0.326 e. The molecule has 1 aromatic carbocycles. The van der Waals surface area contributed by atoms with E-state index < -0.39 is 0 Å². The number of anilines is 1. The molecule has 0 unspecified atom stereocenters. The van der Waals surface area contributed by atoms with E-state index in [4.69, 9.17) is 0 Å². The molecule has 1 aromatic rings. The summed E-state index contributed by atoms with van der Waals surface area (Å²) in [6.07, 6.45) is 18.0. The Morgan fingerprint density at radius 1 is 0.760 bits per heavy atom. The van der Waals surface area contributed by atoms with Gasteiger partial charge in [-0.05, 0) is 25.0 Å². The summed E-state index contributed by atoms with van der Waals surface area (Å²) in [7, 11) is 0. The van der Waals surface area contributed by atoms with Crippen molar-refractivity contribution in [2.24, 2.45) is 0 Å². The Labute approximate surface area is 155 Å². The Kier molecular flexibility index (Phi) is 13.0. The number of benzene rings is 1. The van der Waals surface area contributed by atoms with E-state index in [1.165, 1.54) is 77.0 Å². The number of carbonyl (C=O) groups excluding carboxylic acids is 1. The SMILES string of the molecule is CCCCCCCCCCCCCCCC(=O)Nc1ccccc1C. The smallest absolute Gasteiger partial charge is 0.224 e. The minimum absolute atomic E-state index is 0.150. The summed E-state index contributed by atoms with van der Waals surface area (Å²) in [5, 5.41) is 3.01. The fraction of sp³-hybridized carbons (Fsp3) is 0.696. The van der Waals surface area contributed by atoms with Gasteiger partial charge in [0.05, 0.1) is 0 Å². The molecular formula is C23H39NO. The molecule has 0 aliphatic carbocycles. The topological polar surface area (TPSA) is 29.1 Å². The maximum atomic E-state index is 12.0. The summed E-state index contributed by atoms with van der Waals surface area (Å²) in [6.45, 7) is 4.30. The summed E-state index contributed by atoms with van der Waals surface area (Å²) >= 11 is 0. The lowest BCUT2D eigenvalue weighted by atomic mass is 10.0. The number of nitrogens with one attached hydrogen (secondary N) is 1. The maximum absolute atomic E-state index is 12.0. The van der Waals surface area contributed by atoms with E-state index in [-0.39, 0.29) is 5.91 Å². The molecule has 0 aliphatic rings. The van der Waals surface area contributed by atoms with Gasteiger partial charge in [-0.25, -0.2) is 0 Å². The highest BCUT2D eigenvalue weighted by Gasteiger charge is 2.03. The summed E-state index contributed by atoms with van der Waals surface area (Å²) in [5.74, 6) is 0.150. The minimum atomic E-state index is 0.150. The average Bonchev–Trinajstić information content (AvgIpc) is 2.61. The van der Waals surface area contributed by atoms with E-state index in [9.17, 15) is 4.79 Å². The van der Waals surface area contributed by atoms with Crippen molar-refractivity contribution in [3.05, 3.63) is 29.8 Å². The van der Waals surface area contributed by atoms with Crippen LogP contribution in [0.1, 0.15) is 102 Å². The van der Waals surface area contributed by atoms with Crippen molar-refractivity contribution >= 4 is 11.6 Å². The second-order valence-corrected chi connectivity index (χ2v) is 7.36. The molecule has 0 saturated heterocycles. The van der Waals surface area contributed by atoms with Crippen LogP contribution in [0.25, 0.3) is 0 Å². The zero-order valence-corrected chi connectivity index (χ0v) is 16.6. The molecule has 0 bridgehead atoms. The third-order valence-electron chi connectivity index (χ3n) is 4.93. The molecular weight excluding hydrogens is 306 g/mol.